The van der Waals surface area contributed by atoms with Gasteiger partial charge in [-0.05, 0) is 37.5 Å². The fraction of sp³-hybridized carbons (Fsp3) is 0.600. The van der Waals surface area contributed by atoms with E-state index >= 15 is 0 Å². The SMILES string of the molecule is CCCCOCCOc1ccc(CC(C)N)cc1. The van der Waals surface area contributed by atoms with E-state index in [1.54, 1.807) is 0 Å². The summed E-state index contributed by atoms with van der Waals surface area (Å²) in [7, 11) is 0. The average molecular weight is 251 g/mol. The van der Waals surface area contributed by atoms with Crippen LogP contribution in [0.5, 0.6) is 5.75 Å². The molecule has 0 fully saturated rings. The fourth-order valence-corrected chi connectivity index (χ4v) is 1.66. The molecule has 0 spiro atoms. The van der Waals surface area contributed by atoms with Crippen molar-refractivity contribution in [2.45, 2.75) is 39.2 Å². The second-order valence-electron chi connectivity index (χ2n) is 4.64. The number of ether oxygens (including phenoxy) is 2. The van der Waals surface area contributed by atoms with Crippen molar-refractivity contribution in [3.8, 4) is 5.75 Å². The molecule has 0 aliphatic carbocycles. The molecule has 1 atom stereocenters. The van der Waals surface area contributed by atoms with Gasteiger partial charge in [-0.1, -0.05) is 25.5 Å². The Labute approximate surface area is 110 Å². The monoisotopic (exact) mass is 251 g/mol. The minimum Gasteiger partial charge on any atom is -0.491 e. The first-order chi connectivity index (χ1) is 8.72. The number of unbranched alkanes of at least 4 members (excludes halogenated alkanes) is 1. The standard InChI is InChI=1S/C15H25NO2/c1-3-4-9-17-10-11-18-15-7-5-14(6-8-15)12-13(2)16/h5-8,13H,3-4,9-12,16H2,1-2H3. The lowest BCUT2D eigenvalue weighted by Gasteiger charge is -2.09. The number of hydrogen-bond acceptors (Lipinski definition) is 3. The predicted octanol–water partition coefficient (Wildman–Crippen LogP) is 2.77. The van der Waals surface area contributed by atoms with E-state index in [2.05, 4.69) is 19.1 Å². The molecule has 0 aliphatic rings. The first-order valence-electron chi connectivity index (χ1n) is 6.77. The van der Waals surface area contributed by atoms with Crippen molar-refractivity contribution < 1.29 is 9.47 Å². The summed E-state index contributed by atoms with van der Waals surface area (Å²) in [6.07, 6.45) is 3.19. The van der Waals surface area contributed by atoms with E-state index < -0.39 is 0 Å². The maximum atomic E-state index is 5.75. The minimum absolute atomic E-state index is 0.198. The van der Waals surface area contributed by atoms with Crippen LogP contribution in [0.25, 0.3) is 0 Å². The minimum atomic E-state index is 0.198. The maximum absolute atomic E-state index is 5.75. The second-order valence-corrected chi connectivity index (χ2v) is 4.64. The molecule has 3 heteroatoms. The number of nitrogens with two attached hydrogens (primary N) is 1. The molecular weight excluding hydrogens is 226 g/mol. The average Bonchev–Trinajstić information content (AvgIpc) is 2.35. The molecular formula is C15H25NO2. The van der Waals surface area contributed by atoms with Crippen molar-refractivity contribution in [1.29, 1.82) is 0 Å². The number of benzene rings is 1. The quantitative estimate of drug-likeness (QED) is 0.686. The molecule has 1 aromatic carbocycles. The summed E-state index contributed by atoms with van der Waals surface area (Å²) >= 11 is 0. The van der Waals surface area contributed by atoms with Crippen molar-refractivity contribution >= 4 is 0 Å². The Morgan fingerprint density at radius 2 is 1.83 bits per heavy atom. The van der Waals surface area contributed by atoms with Crippen LogP contribution < -0.4 is 10.5 Å². The lowest BCUT2D eigenvalue weighted by Crippen LogP contribution is -2.17. The Kier molecular flexibility index (Phi) is 7.46. The van der Waals surface area contributed by atoms with Gasteiger partial charge in [-0.15, -0.1) is 0 Å². The largest absolute Gasteiger partial charge is 0.491 e. The van der Waals surface area contributed by atoms with Gasteiger partial charge in [0.15, 0.2) is 0 Å². The first kappa shape index (κ1) is 15.0. The van der Waals surface area contributed by atoms with Gasteiger partial charge in [0, 0.05) is 12.6 Å². The molecule has 3 nitrogen and oxygen atoms in total. The van der Waals surface area contributed by atoms with Gasteiger partial charge in [0.25, 0.3) is 0 Å². The lowest BCUT2D eigenvalue weighted by molar-refractivity contribution is 0.0980. The molecule has 0 saturated heterocycles. The van der Waals surface area contributed by atoms with Crippen molar-refractivity contribution in [1.82, 2.24) is 0 Å². The van der Waals surface area contributed by atoms with E-state index in [-0.39, 0.29) is 6.04 Å². The van der Waals surface area contributed by atoms with Crippen molar-refractivity contribution in [3.63, 3.8) is 0 Å². The lowest BCUT2D eigenvalue weighted by atomic mass is 10.1. The zero-order valence-electron chi connectivity index (χ0n) is 11.5. The topological polar surface area (TPSA) is 44.5 Å². The smallest absolute Gasteiger partial charge is 0.119 e. The van der Waals surface area contributed by atoms with Crippen LogP contribution in [0.4, 0.5) is 0 Å². The van der Waals surface area contributed by atoms with E-state index in [4.69, 9.17) is 15.2 Å². The summed E-state index contributed by atoms with van der Waals surface area (Å²) in [4.78, 5) is 0. The number of rotatable bonds is 9. The zero-order chi connectivity index (χ0) is 13.2. The Hall–Kier alpha value is -1.06. The Morgan fingerprint density at radius 1 is 1.11 bits per heavy atom. The second kappa shape index (κ2) is 8.95. The molecule has 1 rings (SSSR count). The fourth-order valence-electron chi connectivity index (χ4n) is 1.66. The van der Waals surface area contributed by atoms with Crippen molar-refractivity contribution in [2.75, 3.05) is 19.8 Å². The van der Waals surface area contributed by atoms with Gasteiger partial charge >= 0.3 is 0 Å². The van der Waals surface area contributed by atoms with Gasteiger partial charge in [0.1, 0.15) is 12.4 Å². The van der Waals surface area contributed by atoms with Gasteiger partial charge in [-0.25, -0.2) is 0 Å². The third-order valence-corrected chi connectivity index (χ3v) is 2.62. The molecule has 0 heterocycles. The molecule has 0 radical (unpaired) electrons. The van der Waals surface area contributed by atoms with E-state index in [9.17, 15) is 0 Å². The van der Waals surface area contributed by atoms with Crippen LogP contribution in [0.3, 0.4) is 0 Å². The number of hydrogen-bond donors (Lipinski definition) is 1. The van der Waals surface area contributed by atoms with Crippen LogP contribution in [0.2, 0.25) is 0 Å². The van der Waals surface area contributed by atoms with Gasteiger partial charge in [-0.2, -0.15) is 0 Å². The molecule has 1 unspecified atom stereocenters. The highest BCUT2D eigenvalue weighted by Crippen LogP contribution is 2.13. The molecule has 2 N–H and O–H groups in total. The molecule has 102 valence electrons. The molecule has 0 aliphatic heterocycles. The molecule has 0 bridgehead atoms. The van der Waals surface area contributed by atoms with Gasteiger partial charge in [-0.3, -0.25) is 0 Å². The summed E-state index contributed by atoms with van der Waals surface area (Å²) in [5, 5.41) is 0. The summed E-state index contributed by atoms with van der Waals surface area (Å²) in [5.41, 5.74) is 7.00. The van der Waals surface area contributed by atoms with Crippen molar-refractivity contribution in [3.05, 3.63) is 29.8 Å². The van der Waals surface area contributed by atoms with Crippen LogP contribution in [-0.4, -0.2) is 25.9 Å². The predicted molar refractivity (Wildman–Crippen MR) is 75.0 cm³/mol. The van der Waals surface area contributed by atoms with Crippen molar-refractivity contribution in [2.24, 2.45) is 5.73 Å². The molecule has 0 amide bonds. The highest BCUT2D eigenvalue weighted by atomic mass is 16.5. The van der Waals surface area contributed by atoms with Gasteiger partial charge < -0.3 is 15.2 Å². The van der Waals surface area contributed by atoms with Crippen LogP contribution in [0, 0.1) is 0 Å². The summed E-state index contributed by atoms with van der Waals surface area (Å²) in [5.74, 6) is 0.891. The summed E-state index contributed by atoms with van der Waals surface area (Å²) < 4.78 is 11.0. The third kappa shape index (κ3) is 6.62. The maximum Gasteiger partial charge on any atom is 0.119 e. The summed E-state index contributed by atoms with van der Waals surface area (Å²) in [6, 6.07) is 8.31. The van der Waals surface area contributed by atoms with E-state index in [0.29, 0.717) is 13.2 Å². The van der Waals surface area contributed by atoms with Gasteiger partial charge in [0.05, 0.1) is 6.61 Å². The molecule has 18 heavy (non-hydrogen) atoms. The summed E-state index contributed by atoms with van der Waals surface area (Å²) in [6.45, 7) is 6.26. The highest BCUT2D eigenvalue weighted by molar-refractivity contribution is 5.27. The Morgan fingerprint density at radius 3 is 2.44 bits per heavy atom. The van der Waals surface area contributed by atoms with E-state index in [1.807, 2.05) is 19.1 Å². The zero-order valence-corrected chi connectivity index (χ0v) is 11.5. The normalized spacial score (nSPS) is 12.4. The molecule has 1 aromatic rings. The van der Waals surface area contributed by atoms with Crippen LogP contribution in [-0.2, 0) is 11.2 Å². The first-order valence-corrected chi connectivity index (χ1v) is 6.77. The molecule has 0 saturated carbocycles. The highest BCUT2D eigenvalue weighted by Gasteiger charge is 1.99. The van der Waals surface area contributed by atoms with Crippen LogP contribution in [0.1, 0.15) is 32.3 Å². The van der Waals surface area contributed by atoms with Crippen LogP contribution in [0.15, 0.2) is 24.3 Å². The van der Waals surface area contributed by atoms with Gasteiger partial charge in [0.2, 0.25) is 0 Å². The van der Waals surface area contributed by atoms with E-state index in [1.165, 1.54) is 12.0 Å². The third-order valence-electron chi connectivity index (χ3n) is 2.62. The van der Waals surface area contributed by atoms with E-state index in [0.717, 1.165) is 25.2 Å². The van der Waals surface area contributed by atoms with Crippen LogP contribution >= 0.6 is 0 Å². The molecule has 0 aromatic heterocycles. The Bertz CT molecular complexity index is 309. The Balaban J connectivity index is 2.18.